The van der Waals surface area contributed by atoms with E-state index in [0.29, 0.717) is 30.3 Å². The third-order valence-corrected chi connectivity index (χ3v) is 4.36. The zero-order chi connectivity index (χ0) is 16.8. The molecule has 1 N–H and O–H groups in total. The molecule has 23 heavy (non-hydrogen) atoms. The van der Waals surface area contributed by atoms with Crippen LogP contribution in [-0.4, -0.2) is 36.5 Å². The highest BCUT2D eigenvalue weighted by Gasteiger charge is 2.11. The third-order valence-electron chi connectivity index (χ3n) is 3.31. The Morgan fingerprint density at radius 2 is 2.26 bits per heavy atom. The summed E-state index contributed by atoms with van der Waals surface area (Å²) in [6.07, 6.45) is 0.384. The number of methoxy groups -OCH3 is 1. The molecule has 0 radical (unpaired) electrons. The molecule has 124 valence electrons. The lowest BCUT2D eigenvalue weighted by Crippen LogP contribution is -2.28. The van der Waals surface area contributed by atoms with E-state index in [1.54, 1.807) is 48.6 Å². The maximum absolute atomic E-state index is 12.2. The lowest BCUT2D eigenvalue weighted by molar-refractivity contribution is -0.130. The second-order valence-corrected chi connectivity index (χ2v) is 6.63. The van der Waals surface area contributed by atoms with E-state index in [9.17, 15) is 4.79 Å². The zero-order valence-electron chi connectivity index (χ0n) is 13.4. The number of anilines is 1. The van der Waals surface area contributed by atoms with Gasteiger partial charge in [-0.2, -0.15) is 0 Å². The normalized spacial score (nSPS) is 10.4. The highest BCUT2D eigenvalue weighted by Crippen LogP contribution is 2.27. The molecule has 1 heterocycles. The first kappa shape index (κ1) is 17.6. The topological polar surface area (TPSA) is 54.5 Å². The van der Waals surface area contributed by atoms with Crippen molar-refractivity contribution >= 4 is 34.5 Å². The molecule has 0 saturated heterocycles. The minimum atomic E-state index is 0.0594. The van der Waals surface area contributed by atoms with Crippen molar-refractivity contribution in [1.29, 1.82) is 0 Å². The summed E-state index contributed by atoms with van der Waals surface area (Å²) in [4.78, 5) is 18.2. The number of rotatable bonds is 7. The van der Waals surface area contributed by atoms with Gasteiger partial charge in [-0.15, -0.1) is 11.3 Å². The Morgan fingerprint density at radius 1 is 1.48 bits per heavy atom. The van der Waals surface area contributed by atoms with Crippen LogP contribution in [0.25, 0.3) is 0 Å². The number of aryl methyl sites for hydroxylation is 1. The molecular weight excluding hydrogens is 334 g/mol. The van der Waals surface area contributed by atoms with Crippen LogP contribution in [0.4, 0.5) is 5.69 Å². The van der Waals surface area contributed by atoms with Crippen molar-refractivity contribution in [3.63, 3.8) is 0 Å². The van der Waals surface area contributed by atoms with Crippen molar-refractivity contribution in [2.75, 3.05) is 26.0 Å². The zero-order valence-corrected chi connectivity index (χ0v) is 15.0. The van der Waals surface area contributed by atoms with Crippen LogP contribution < -0.4 is 10.1 Å². The number of benzene rings is 1. The van der Waals surface area contributed by atoms with Crippen LogP contribution in [0.1, 0.15) is 17.1 Å². The Bertz CT molecular complexity index is 675. The molecule has 2 aromatic rings. The van der Waals surface area contributed by atoms with Gasteiger partial charge in [-0.3, -0.25) is 4.79 Å². The van der Waals surface area contributed by atoms with E-state index in [0.717, 1.165) is 16.4 Å². The molecule has 0 aliphatic rings. The van der Waals surface area contributed by atoms with Crippen LogP contribution in [0.3, 0.4) is 0 Å². The molecule has 1 aromatic heterocycles. The molecular formula is C16H20ClN3O2S. The van der Waals surface area contributed by atoms with Crippen molar-refractivity contribution < 1.29 is 9.53 Å². The second kappa shape index (κ2) is 8.17. The number of ether oxygens (including phenoxy) is 1. The number of amides is 1. The molecule has 0 spiro atoms. The van der Waals surface area contributed by atoms with Crippen LogP contribution in [-0.2, 0) is 11.3 Å². The number of aromatic nitrogens is 1. The quantitative estimate of drug-likeness (QED) is 0.826. The number of hydrogen-bond acceptors (Lipinski definition) is 5. The van der Waals surface area contributed by atoms with E-state index in [1.807, 2.05) is 12.3 Å². The maximum atomic E-state index is 12.2. The summed E-state index contributed by atoms with van der Waals surface area (Å²) in [6.45, 7) is 3.00. The van der Waals surface area contributed by atoms with Gasteiger partial charge in [0.1, 0.15) is 5.75 Å². The molecule has 5 nitrogen and oxygen atoms in total. The molecule has 0 bridgehead atoms. The Labute approximate surface area is 145 Å². The molecule has 2 rings (SSSR count). The van der Waals surface area contributed by atoms with Gasteiger partial charge in [0.2, 0.25) is 5.91 Å². The third kappa shape index (κ3) is 5.11. The van der Waals surface area contributed by atoms with Crippen molar-refractivity contribution in [3.8, 4) is 5.75 Å². The van der Waals surface area contributed by atoms with Crippen LogP contribution >= 0.6 is 22.9 Å². The van der Waals surface area contributed by atoms with Gasteiger partial charge < -0.3 is 15.0 Å². The first-order valence-corrected chi connectivity index (χ1v) is 8.47. The number of halogens is 1. The average Bonchev–Trinajstić information content (AvgIpc) is 2.92. The standard InChI is InChI=1S/C16H20ClN3O2S/c1-11-19-13(10-23-11)9-20(2)16(21)6-7-18-14-8-12(17)4-5-15(14)22-3/h4-5,8,10,18H,6-7,9H2,1-3H3. The van der Waals surface area contributed by atoms with Gasteiger partial charge in [0, 0.05) is 30.4 Å². The molecule has 0 atom stereocenters. The summed E-state index contributed by atoms with van der Waals surface area (Å²) >= 11 is 7.57. The highest BCUT2D eigenvalue weighted by molar-refractivity contribution is 7.09. The van der Waals surface area contributed by atoms with Crippen molar-refractivity contribution in [3.05, 3.63) is 39.3 Å². The summed E-state index contributed by atoms with van der Waals surface area (Å²) in [6, 6.07) is 5.34. The first-order valence-electron chi connectivity index (χ1n) is 7.22. The number of carbonyl (C=O) groups excluding carboxylic acids is 1. The number of thiazole rings is 1. The molecule has 1 amide bonds. The van der Waals surface area contributed by atoms with E-state index >= 15 is 0 Å². The smallest absolute Gasteiger partial charge is 0.224 e. The summed E-state index contributed by atoms with van der Waals surface area (Å²) in [5.41, 5.74) is 1.71. The molecule has 0 aliphatic heterocycles. The SMILES string of the molecule is COc1ccc(Cl)cc1NCCC(=O)N(C)Cc1csc(C)n1. The van der Waals surface area contributed by atoms with Crippen LogP contribution in [0.2, 0.25) is 5.02 Å². The monoisotopic (exact) mass is 353 g/mol. The van der Waals surface area contributed by atoms with Crippen LogP contribution in [0, 0.1) is 6.92 Å². The van der Waals surface area contributed by atoms with Crippen molar-refractivity contribution in [2.45, 2.75) is 19.9 Å². The summed E-state index contributed by atoms with van der Waals surface area (Å²) in [5, 5.41) is 6.80. The lowest BCUT2D eigenvalue weighted by Gasteiger charge is -2.17. The summed E-state index contributed by atoms with van der Waals surface area (Å²) in [7, 11) is 3.39. The fourth-order valence-corrected chi connectivity index (χ4v) is 2.90. The van der Waals surface area contributed by atoms with Gasteiger partial charge in [0.25, 0.3) is 0 Å². The minimum Gasteiger partial charge on any atom is -0.495 e. The van der Waals surface area contributed by atoms with E-state index in [1.165, 1.54) is 0 Å². The van der Waals surface area contributed by atoms with E-state index in [2.05, 4.69) is 10.3 Å². The Balaban J connectivity index is 1.83. The molecule has 0 saturated carbocycles. The van der Waals surface area contributed by atoms with Crippen LogP contribution in [0.15, 0.2) is 23.6 Å². The van der Waals surface area contributed by atoms with Gasteiger partial charge in [0.15, 0.2) is 0 Å². The predicted octanol–water partition coefficient (Wildman–Crippen LogP) is 3.57. The fraction of sp³-hybridized carbons (Fsp3) is 0.375. The number of carbonyl (C=O) groups is 1. The van der Waals surface area contributed by atoms with Crippen molar-refractivity contribution in [2.24, 2.45) is 0 Å². The number of nitrogens with one attached hydrogen (secondary N) is 1. The molecule has 7 heteroatoms. The summed E-state index contributed by atoms with van der Waals surface area (Å²) < 4.78 is 5.26. The van der Waals surface area contributed by atoms with Gasteiger partial charge in [0.05, 0.1) is 30.0 Å². The second-order valence-electron chi connectivity index (χ2n) is 5.13. The molecule has 0 fully saturated rings. The van der Waals surface area contributed by atoms with E-state index in [-0.39, 0.29) is 5.91 Å². The lowest BCUT2D eigenvalue weighted by atomic mass is 10.2. The number of hydrogen-bond donors (Lipinski definition) is 1. The molecule has 1 aromatic carbocycles. The number of nitrogens with zero attached hydrogens (tertiary/aromatic N) is 2. The largest absolute Gasteiger partial charge is 0.495 e. The Kier molecular flexibility index (Phi) is 6.24. The van der Waals surface area contributed by atoms with Crippen molar-refractivity contribution in [1.82, 2.24) is 9.88 Å². The van der Waals surface area contributed by atoms with E-state index < -0.39 is 0 Å². The van der Waals surface area contributed by atoms with Gasteiger partial charge in [-0.25, -0.2) is 4.98 Å². The highest BCUT2D eigenvalue weighted by atomic mass is 35.5. The first-order chi connectivity index (χ1) is 11.0. The fourth-order valence-electron chi connectivity index (χ4n) is 2.13. The van der Waals surface area contributed by atoms with E-state index in [4.69, 9.17) is 16.3 Å². The van der Waals surface area contributed by atoms with Gasteiger partial charge >= 0.3 is 0 Å². The molecule has 0 unspecified atom stereocenters. The average molecular weight is 354 g/mol. The predicted molar refractivity (Wildman–Crippen MR) is 94.4 cm³/mol. The van der Waals surface area contributed by atoms with Gasteiger partial charge in [-0.1, -0.05) is 11.6 Å². The minimum absolute atomic E-state index is 0.0594. The maximum Gasteiger partial charge on any atom is 0.224 e. The summed E-state index contributed by atoms with van der Waals surface area (Å²) in [5.74, 6) is 0.761. The Morgan fingerprint density at radius 3 is 2.91 bits per heavy atom. The molecule has 0 aliphatic carbocycles. The van der Waals surface area contributed by atoms with Crippen LogP contribution in [0.5, 0.6) is 5.75 Å². The van der Waals surface area contributed by atoms with Gasteiger partial charge in [-0.05, 0) is 25.1 Å². The Hall–Kier alpha value is -1.79.